The van der Waals surface area contributed by atoms with Crippen LogP contribution in [0, 0.1) is 24.7 Å². The first-order valence-electron chi connectivity index (χ1n) is 11.7. The molecular formula is C24H36N2O4. The van der Waals surface area contributed by atoms with Crippen molar-refractivity contribution in [1.82, 2.24) is 9.55 Å². The maximum Gasteiger partial charge on any atom is 0.328 e. The van der Waals surface area contributed by atoms with Gasteiger partial charge in [0.1, 0.15) is 0 Å². The summed E-state index contributed by atoms with van der Waals surface area (Å²) >= 11 is 0. The van der Waals surface area contributed by atoms with Crippen molar-refractivity contribution >= 4 is 5.97 Å². The van der Waals surface area contributed by atoms with E-state index in [0.29, 0.717) is 30.6 Å². The lowest BCUT2D eigenvalue weighted by atomic mass is 9.94. The molecule has 1 aromatic heterocycles. The van der Waals surface area contributed by atoms with Gasteiger partial charge < -0.3 is 9.30 Å². The SMILES string of the molecule is Cc1cn(CCCCCCCCCCCOC(=O)C2CC3C=CC2C3)c(=O)[nH]c1=O. The van der Waals surface area contributed by atoms with E-state index in [9.17, 15) is 14.4 Å². The van der Waals surface area contributed by atoms with Gasteiger partial charge in [-0.05, 0) is 44.4 Å². The molecule has 0 radical (unpaired) electrons. The quantitative estimate of drug-likeness (QED) is 0.298. The number of esters is 1. The van der Waals surface area contributed by atoms with Crippen LogP contribution in [0.3, 0.4) is 0 Å². The number of aryl methyl sites for hydroxylation is 2. The van der Waals surface area contributed by atoms with Crippen molar-refractivity contribution in [3.8, 4) is 0 Å². The van der Waals surface area contributed by atoms with Crippen molar-refractivity contribution in [2.75, 3.05) is 6.61 Å². The van der Waals surface area contributed by atoms with Crippen LogP contribution in [0.5, 0.6) is 0 Å². The second-order valence-electron chi connectivity index (χ2n) is 9.00. The highest BCUT2D eigenvalue weighted by Crippen LogP contribution is 2.43. The number of carbonyl (C=O) groups excluding carboxylic acids is 1. The molecule has 6 nitrogen and oxygen atoms in total. The molecule has 3 atom stereocenters. The van der Waals surface area contributed by atoms with Crippen LogP contribution in [-0.4, -0.2) is 22.1 Å². The number of nitrogens with one attached hydrogen (secondary N) is 1. The maximum atomic E-state index is 12.1. The van der Waals surface area contributed by atoms with Gasteiger partial charge >= 0.3 is 11.7 Å². The topological polar surface area (TPSA) is 81.2 Å². The van der Waals surface area contributed by atoms with E-state index in [0.717, 1.165) is 38.5 Å². The second-order valence-corrected chi connectivity index (χ2v) is 9.00. The Bertz CT molecular complexity index is 838. The van der Waals surface area contributed by atoms with Crippen molar-refractivity contribution in [2.45, 2.75) is 84.1 Å². The number of hydrogen-bond donors (Lipinski definition) is 1. The fourth-order valence-corrected chi connectivity index (χ4v) is 4.74. The lowest BCUT2D eigenvalue weighted by molar-refractivity contribution is -0.149. The van der Waals surface area contributed by atoms with Gasteiger partial charge in [0.05, 0.1) is 12.5 Å². The highest BCUT2D eigenvalue weighted by Gasteiger charge is 2.40. The molecule has 1 heterocycles. The second kappa shape index (κ2) is 11.3. The van der Waals surface area contributed by atoms with E-state index in [2.05, 4.69) is 17.1 Å². The predicted octanol–water partition coefficient (Wildman–Crippen LogP) is 4.11. The number of aromatic nitrogens is 2. The molecule has 0 spiro atoms. The number of hydrogen-bond acceptors (Lipinski definition) is 4. The Hall–Kier alpha value is -2.11. The van der Waals surface area contributed by atoms with Gasteiger partial charge in [0.25, 0.3) is 5.56 Å². The van der Waals surface area contributed by atoms with Crippen LogP contribution in [-0.2, 0) is 16.1 Å². The summed E-state index contributed by atoms with van der Waals surface area (Å²) in [6.07, 6.45) is 18.4. The summed E-state index contributed by atoms with van der Waals surface area (Å²) in [7, 11) is 0. The standard InChI is InChI=1S/C24H36N2O4/c1-18-17-26(24(29)25-22(18)27)13-9-7-5-3-2-4-6-8-10-14-30-23(28)21-16-19-11-12-20(21)15-19/h11-12,17,19-21H,2-10,13-16H2,1H3,(H,25,27,29). The largest absolute Gasteiger partial charge is 0.465 e. The third kappa shape index (κ3) is 6.44. The molecule has 1 N–H and O–H groups in total. The third-order valence-electron chi connectivity index (χ3n) is 6.56. The van der Waals surface area contributed by atoms with Crippen LogP contribution >= 0.6 is 0 Å². The summed E-state index contributed by atoms with van der Waals surface area (Å²) in [5, 5.41) is 0. The highest BCUT2D eigenvalue weighted by molar-refractivity contribution is 5.74. The number of H-pyrrole nitrogens is 1. The number of carbonyl (C=O) groups is 1. The van der Waals surface area contributed by atoms with Crippen LogP contribution in [0.1, 0.15) is 76.2 Å². The van der Waals surface area contributed by atoms with Crippen LogP contribution in [0.2, 0.25) is 0 Å². The van der Waals surface area contributed by atoms with E-state index < -0.39 is 0 Å². The number of rotatable bonds is 13. The Labute approximate surface area is 178 Å². The molecule has 166 valence electrons. The summed E-state index contributed by atoms with van der Waals surface area (Å²) in [4.78, 5) is 37.6. The molecule has 0 aliphatic heterocycles. The molecule has 0 amide bonds. The Morgan fingerprint density at radius 2 is 1.67 bits per heavy atom. The summed E-state index contributed by atoms with van der Waals surface area (Å²) in [6, 6.07) is 0. The molecule has 3 rings (SSSR count). The van der Waals surface area contributed by atoms with Crippen LogP contribution in [0.4, 0.5) is 0 Å². The normalized spacial score (nSPS) is 22.0. The molecule has 1 saturated carbocycles. The maximum absolute atomic E-state index is 12.1. The zero-order valence-electron chi connectivity index (χ0n) is 18.2. The number of aromatic amines is 1. The van der Waals surface area contributed by atoms with Crippen molar-refractivity contribution in [3.63, 3.8) is 0 Å². The Balaban J connectivity index is 1.12. The van der Waals surface area contributed by atoms with Crippen molar-refractivity contribution in [3.05, 3.63) is 44.8 Å². The summed E-state index contributed by atoms with van der Waals surface area (Å²) in [6.45, 7) is 2.95. The molecule has 6 heteroatoms. The first-order chi connectivity index (χ1) is 14.5. The van der Waals surface area contributed by atoms with Crippen LogP contribution in [0.25, 0.3) is 0 Å². The molecule has 2 bridgehead atoms. The Morgan fingerprint density at radius 3 is 2.30 bits per heavy atom. The predicted molar refractivity (Wildman–Crippen MR) is 117 cm³/mol. The number of nitrogens with zero attached hydrogens (tertiary/aromatic N) is 1. The van der Waals surface area contributed by atoms with Crippen molar-refractivity contribution in [2.24, 2.45) is 17.8 Å². The monoisotopic (exact) mass is 416 g/mol. The molecule has 30 heavy (non-hydrogen) atoms. The summed E-state index contributed by atoms with van der Waals surface area (Å²) in [5.41, 5.74) is -0.0388. The van der Waals surface area contributed by atoms with E-state index >= 15 is 0 Å². The van der Waals surface area contributed by atoms with Crippen LogP contribution < -0.4 is 11.2 Å². The zero-order valence-corrected chi connectivity index (χ0v) is 18.2. The van der Waals surface area contributed by atoms with Gasteiger partial charge in [-0.15, -0.1) is 0 Å². The van der Waals surface area contributed by atoms with Gasteiger partial charge in [0.15, 0.2) is 0 Å². The minimum atomic E-state index is -0.316. The first-order valence-corrected chi connectivity index (χ1v) is 11.7. The first kappa shape index (κ1) is 22.6. The molecule has 0 aromatic carbocycles. The molecular weight excluding hydrogens is 380 g/mol. The Morgan fingerprint density at radius 1 is 1.00 bits per heavy atom. The molecule has 3 unspecified atom stereocenters. The van der Waals surface area contributed by atoms with Crippen molar-refractivity contribution < 1.29 is 9.53 Å². The number of unbranched alkanes of at least 4 members (excludes halogenated alkanes) is 8. The highest BCUT2D eigenvalue weighted by atomic mass is 16.5. The smallest absolute Gasteiger partial charge is 0.328 e. The lowest BCUT2D eigenvalue weighted by Crippen LogP contribution is -2.30. The summed E-state index contributed by atoms with van der Waals surface area (Å²) < 4.78 is 7.09. The van der Waals surface area contributed by atoms with Crippen molar-refractivity contribution in [1.29, 1.82) is 0 Å². The van der Waals surface area contributed by atoms with E-state index in [1.165, 1.54) is 32.1 Å². The number of fused-ring (bicyclic) bond motifs is 2. The Kier molecular flexibility index (Phi) is 8.52. The fourth-order valence-electron chi connectivity index (χ4n) is 4.74. The lowest BCUT2D eigenvalue weighted by Gasteiger charge is -2.16. The van der Waals surface area contributed by atoms with E-state index in [1.807, 2.05) is 0 Å². The molecule has 0 saturated heterocycles. The van der Waals surface area contributed by atoms with E-state index in [1.54, 1.807) is 17.7 Å². The van der Waals surface area contributed by atoms with Gasteiger partial charge in [-0.2, -0.15) is 0 Å². The van der Waals surface area contributed by atoms with Gasteiger partial charge in [0, 0.05) is 18.3 Å². The van der Waals surface area contributed by atoms with E-state index in [4.69, 9.17) is 4.74 Å². The van der Waals surface area contributed by atoms with E-state index in [-0.39, 0.29) is 23.1 Å². The van der Waals surface area contributed by atoms with Gasteiger partial charge in [0.2, 0.25) is 0 Å². The molecule has 1 fully saturated rings. The number of allylic oxidation sites excluding steroid dienone is 2. The number of ether oxygens (including phenoxy) is 1. The molecule has 2 aliphatic carbocycles. The zero-order chi connectivity index (χ0) is 21.3. The summed E-state index contributed by atoms with van der Waals surface area (Å²) in [5.74, 6) is 1.19. The minimum Gasteiger partial charge on any atom is -0.465 e. The van der Waals surface area contributed by atoms with Crippen LogP contribution in [0.15, 0.2) is 27.9 Å². The molecule has 2 aliphatic rings. The minimum absolute atomic E-state index is 0.0196. The average molecular weight is 417 g/mol. The van der Waals surface area contributed by atoms with Gasteiger partial charge in [-0.3, -0.25) is 14.6 Å². The fraction of sp³-hybridized carbons (Fsp3) is 0.708. The average Bonchev–Trinajstić information content (AvgIpc) is 3.36. The third-order valence-corrected chi connectivity index (χ3v) is 6.56. The molecule has 1 aromatic rings. The van der Waals surface area contributed by atoms with Gasteiger partial charge in [-0.25, -0.2) is 4.79 Å². The van der Waals surface area contributed by atoms with Gasteiger partial charge in [-0.1, -0.05) is 57.1 Å².